The van der Waals surface area contributed by atoms with Gasteiger partial charge in [0.05, 0.1) is 4.47 Å². The molecule has 0 aromatic heterocycles. The second-order valence-corrected chi connectivity index (χ2v) is 7.75. The summed E-state index contributed by atoms with van der Waals surface area (Å²) in [7, 11) is 0. The van der Waals surface area contributed by atoms with Gasteiger partial charge in [-0.15, -0.1) is 0 Å². The van der Waals surface area contributed by atoms with Crippen LogP contribution in [0, 0.1) is 17.7 Å². The topological polar surface area (TPSA) is 50.4 Å². The number of hydrogen-bond acceptors (Lipinski definition) is 3. The Morgan fingerprint density at radius 1 is 1.30 bits per heavy atom. The van der Waals surface area contributed by atoms with Crippen LogP contribution in [0.1, 0.15) is 34.6 Å². The highest BCUT2D eigenvalue weighted by atomic mass is 79.9. The van der Waals surface area contributed by atoms with Crippen molar-refractivity contribution in [2.75, 3.05) is 18.4 Å². The van der Waals surface area contributed by atoms with E-state index in [2.05, 4.69) is 40.4 Å². The lowest BCUT2D eigenvalue weighted by Crippen LogP contribution is -2.38. The van der Waals surface area contributed by atoms with Gasteiger partial charge in [0.25, 0.3) is 0 Å². The minimum Gasteiger partial charge on any atom is -0.444 e. The third-order valence-corrected chi connectivity index (χ3v) is 3.95. The van der Waals surface area contributed by atoms with Crippen molar-refractivity contribution in [2.24, 2.45) is 11.8 Å². The zero-order valence-corrected chi connectivity index (χ0v) is 16.0. The highest BCUT2D eigenvalue weighted by Gasteiger charge is 2.19. The van der Waals surface area contributed by atoms with Gasteiger partial charge in [0.1, 0.15) is 11.4 Å². The molecule has 0 aliphatic heterocycles. The van der Waals surface area contributed by atoms with E-state index in [9.17, 15) is 9.18 Å². The van der Waals surface area contributed by atoms with Gasteiger partial charge in [-0.05, 0) is 66.7 Å². The lowest BCUT2D eigenvalue weighted by molar-refractivity contribution is 0.0516. The quantitative estimate of drug-likeness (QED) is 0.735. The van der Waals surface area contributed by atoms with Gasteiger partial charge in [0.2, 0.25) is 0 Å². The molecule has 1 amide bonds. The lowest BCUT2D eigenvalue weighted by Gasteiger charge is -2.24. The fraction of sp³-hybridized carbons (Fsp3) is 0.588. The molecule has 0 bridgehead atoms. The molecular formula is C17H26BrFN2O2. The molecule has 0 fully saturated rings. The van der Waals surface area contributed by atoms with E-state index < -0.39 is 11.7 Å². The van der Waals surface area contributed by atoms with Crippen molar-refractivity contribution < 1.29 is 13.9 Å². The van der Waals surface area contributed by atoms with Crippen LogP contribution < -0.4 is 10.6 Å². The standard InChI is InChI=1S/C17H26BrFN2O2/c1-11(2)12(10-21-16(22)23-17(3,4)5)9-20-13-6-7-15(19)14(18)8-13/h6-8,11-12,20H,9-10H2,1-5H3,(H,21,22). The second-order valence-electron chi connectivity index (χ2n) is 6.90. The Labute approximate surface area is 146 Å². The van der Waals surface area contributed by atoms with E-state index >= 15 is 0 Å². The molecule has 0 heterocycles. The molecule has 2 N–H and O–H groups in total. The van der Waals surface area contributed by atoms with E-state index in [1.807, 2.05) is 20.8 Å². The Hall–Kier alpha value is -1.30. The first-order valence-electron chi connectivity index (χ1n) is 7.74. The van der Waals surface area contributed by atoms with E-state index in [4.69, 9.17) is 4.74 Å². The maximum atomic E-state index is 13.2. The largest absolute Gasteiger partial charge is 0.444 e. The number of benzene rings is 1. The molecule has 130 valence electrons. The molecule has 6 heteroatoms. The normalized spacial score (nSPS) is 12.9. The van der Waals surface area contributed by atoms with E-state index in [0.717, 1.165) is 5.69 Å². The first-order valence-corrected chi connectivity index (χ1v) is 8.53. The van der Waals surface area contributed by atoms with Crippen LogP contribution in [0.4, 0.5) is 14.9 Å². The maximum absolute atomic E-state index is 13.2. The summed E-state index contributed by atoms with van der Waals surface area (Å²) in [6.07, 6.45) is -0.410. The van der Waals surface area contributed by atoms with Crippen LogP contribution in [0.25, 0.3) is 0 Å². The molecule has 1 unspecified atom stereocenters. The summed E-state index contributed by atoms with van der Waals surface area (Å²) in [5.74, 6) is 0.315. The molecule has 4 nitrogen and oxygen atoms in total. The molecule has 0 aliphatic rings. The number of alkyl carbamates (subject to hydrolysis) is 1. The highest BCUT2D eigenvalue weighted by Crippen LogP contribution is 2.21. The summed E-state index contributed by atoms with van der Waals surface area (Å²) in [4.78, 5) is 11.7. The summed E-state index contributed by atoms with van der Waals surface area (Å²) in [5, 5.41) is 6.08. The molecule has 1 aromatic carbocycles. The molecule has 0 radical (unpaired) electrons. The second kappa shape index (κ2) is 8.52. The van der Waals surface area contributed by atoms with Crippen LogP contribution in [0.3, 0.4) is 0 Å². The molecule has 23 heavy (non-hydrogen) atoms. The maximum Gasteiger partial charge on any atom is 0.407 e. The van der Waals surface area contributed by atoms with Crippen molar-refractivity contribution in [3.05, 3.63) is 28.5 Å². The Balaban J connectivity index is 2.52. The third-order valence-electron chi connectivity index (χ3n) is 3.34. The van der Waals surface area contributed by atoms with Gasteiger partial charge < -0.3 is 15.4 Å². The summed E-state index contributed by atoms with van der Waals surface area (Å²) < 4.78 is 18.9. The zero-order valence-electron chi connectivity index (χ0n) is 14.4. The number of anilines is 1. The average molecular weight is 389 g/mol. The molecule has 1 aromatic rings. The number of hydrogen-bond donors (Lipinski definition) is 2. The fourth-order valence-electron chi connectivity index (χ4n) is 1.93. The minimum atomic E-state index is -0.504. The molecule has 0 aliphatic carbocycles. The monoisotopic (exact) mass is 388 g/mol. The number of carbonyl (C=O) groups excluding carboxylic acids is 1. The molecule has 1 rings (SSSR count). The van der Waals surface area contributed by atoms with E-state index in [0.29, 0.717) is 23.5 Å². The Bertz CT molecular complexity index is 530. The summed E-state index contributed by atoms with van der Waals surface area (Å²) in [6.45, 7) is 10.9. The lowest BCUT2D eigenvalue weighted by atomic mass is 9.95. The number of ether oxygens (including phenoxy) is 1. The van der Waals surface area contributed by atoms with E-state index in [1.54, 1.807) is 12.1 Å². The van der Waals surface area contributed by atoms with E-state index in [-0.39, 0.29) is 11.7 Å². The SMILES string of the molecule is CC(C)C(CNC(=O)OC(C)(C)C)CNc1ccc(F)c(Br)c1. The van der Waals surface area contributed by atoms with Crippen LogP contribution in [0.15, 0.2) is 22.7 Å². The van der Waals surface area contributed by atoms with Gasteiger partial charge in [0, 0.05) is 18.8 Å². The first-order chi connectivity index (χ1) is 10.6. The fourth-order valence-corrected chi connectivity index (χ4v) is 2.31. The number of rotatable bonds is 6. The minimum absolute atomic E-state index is 0.228. The van der Waals surface area contributed by atoms with Gasteiger partial charge in [0.15, 0.2) is 0 Å². The van der Waals surface area contributed by atoms with Crippen molar-refractivity contribution >= 4 is 27.7 Å². The molecule has 0 saturated heterocycles. The van der Waals surface area contributed by atoms with E-state index in [1.165, 1.54) is 6.07 Å². The molecular weight excluding hydrogens is 363 g/mol. The Morgan fingerprint density at radius 2 is 1.96 bits per heavy atom. The summed E-state index contributed by atoms with van der Waals surface area (Å²) in [6, 6.07) is 4.81. The third kappa shape index (κ3) is 7.68. The highest BCUT2D eigenvalue weighted by molar-refractivity contribution is 9.10. The number of nitrogens with one attached hydrogen (secondary N) is 2. The first kappa shape index (κ1) is 19.7. The van der Waals surface area contributed by atoms with Crippen LogP contribution >= 0.6 is 15.9 Å². The molecule has 0 spiro atoms. The number of halogens is 2. The summed E-state index contributed by atoms with van der Waals surface area (Å²) in [5.41, 5.74) is 0.331. The zero-order chi connectivity index (χ0) is 17.6. The van der Waals surface area contributed by atoms with Gasteiger partial charge in [-0.3, -0.25) is 0 Å². The van der Waals surface area contributed by atoms with Gasteiger partial charge in [-0.25, -0.2) is 9.18 Å². The van der Waals surface area contributed by atoms with Crippen molar-refractivity contribution in [3.63, 3.8) is 0 Å². The van der Waals surface area contributed by atoms with Crippen LogP contribution in [0.2, 0.25) is 0 Å². The van der Waals surface area contributed by atoms with Crippen molar-refractivity contribution in [1.29, 1.82) is 0 Å². The van der Waals surface area contributed by atoms with Crippen LogP contribution in [-0.2, 0) is 4.74 Å². The van der Waals surface area contributed by atoms with Gasteiger partial charge in [-0.2, -0.15) is 0 Å². The molecule has 0 saturated carbocycles. The van der Waals surface area contributed by atoms with Crippen molar-refractivity contribution in [1.82, 2.24) is 5.32 Å². The predicted molar refractivity (Wildman–Crippen MR) is 95.2 cm³/mol. The predicted octanol–water partition coefficient (Wildman–Crippen LogP) is 4.80. The van der Waals surface area contributed by atoms with Gasteiger partial charge in [-0.1, -0.05) is 13.8 Å². The molecule has 1 atom stereocenters. The average Bonchev–Trinajstić information content (AvgIpc) is 2.40. The Kier molecular flexibility index (Phi) is 7.32. The number of amides is 1. The number of carbonyl (C=O) groups is 1. The Morgan fingerprint density at radius 3 is 2.48 bits per heavy atom. The van der Waals surface area contributed by atoms with Gasteiger partial charge >= 0.3 is 6.09 Å². The smallest absolute Gasteiger partial charge is 0.407 e. The van der Waals surface area contributed by atoms with Crippen molar-refractivity contribution in [3.8, 4) is 0 Å². The summed E-state index contributed by atoms with van der Waals surface area (Å²) >= 11 is 3.17. The van der Waals surface area contributed by atoms with Crippen LogP contribution in [0.5, 0.6) is 0 Å². The van der Waals surface area contributed by atoms with Crippen molar-refractivity contribution in [2.45, 2.75) is 40.2 Å². The van der Waals surface area contributed by atoms with Crippen LogP contribution in [-0.4, -0.2) is 24.8 Å².